The van der Waals surface area contributed by atoms with Crippen LogP contribution in [0, 0.1) is 0 Å². The molecule has 2 saturated heterocycles. The zero-order chi connectivity index (χ0) is 18.4. The van der Waals surface area contributed by atoms with Crippen LogP contribution in [0.5, 0.6) is 0 Å². The minimum atomic E-state index is -0.227. The summed E-state index contributed by atoms with van der Waals surface area (Å²) < 4.78 is 4.99. The van der Waals surface area contributed by atoms with E-state index in [0.29, 0.717) is 26.4 Å². The molecule has 142 valence electrons. The molecule has 1 aromatic heterocycles. The number of carbonyl (C=O) groups is 2. The lowest BCUT2D eigenvalue weighted by molar-refractivity contribution is -0.127. The predicted octanol–water partition coefficient (Wildman–Crippen LogP) is 1.03. The second-order valence-electron chi connectivity index (χ2n) is 6.72. The maximum Gasteiger partial charge on any atom is 0.319 e. The molecule has 0 bridgehead atoms. The van der Waals surface area contributed by atoms with E-state index in [1.54, 1.807) is 18.2 Å². The fourth-order valence-electron chi connectivity index (χ4n) is 3.29. The Morgan fingerprint density at radius 1 is 1.31 bits per heavy atom. The predicted molar refractivity (Wildman–Crippen MR) is 97.7 cm³/mol. The molecule has 3 amide bonds. The van der Waals surface area contributed by atoms with Gasteiger partial charge in [-0.2, -0.15) is 0 Å². The molecule has 0 aromatic carbocycles. The van der Waals surface area contributed by atoms with Crippen molar-refractivity contribution in [1.82, 2.24) is 20.1 Å². The number of aromatic nitrogens is 1. The molecular weight excluding hydrogens is 334 g/mol. The molecule has 0 aliphatic carbocycles. The minimum Gasteiger partial charge on any atom is -0.383 e. The van der Waals surface area contributed by atoms with Crippen molar-refractivity contribution < 1.29 is 14.3 Å². The number of nitrogens with one attached hydrogen (secondary N) is 1. The summed E-state index contributed by atoms with van der Waals surface area (Å²) in [4.78, 5) is 34.2. The van der Waals surface area contributed by atoms with Crippen LogP contribution in [0.15, 0.2) is 18.3 Å². The lowest BCUT2D eigenvalue weighted by Crippen LogP contribution is -2.39. The van der Waals surface area contributed by atoms with Crippen molar-refractivity contribution in [2.24, 2.45) is 0 Å². The van der Waals surface area contributed by atoms with E-state index < -0.39 is 0 Å². The van der Waals surface area contributed by atoms with Gasteiger partial charge in [-0.15, -0.1) is 0 Å². The van der Waals surface area contributed by atoms with Crippen LogP contribution in [0.25, 0.3) is 0 Å². The highest BCUT2D eigenvalue weighted by atomic mass is 16.5. The van der Waals surface area contributed by atoms with Crippen molar-refractivity contribution in [1.29, 1.82) is 0 Å². The maximum absolute atomic E-state index is 12.3. The van der Waals surface area contributed by atoms with Crippen molar-refractivity contribution in [3.05, 3.63) is 23.9 Å². The van der Waals surface area contributed by atoms with Crippen molar-refractivity contribution >= 4 is 17.8 Å². The topological polar surface area (TPSA) is 78.0 Å². The normalized spacial score (nSPS) is 17.7. The quantitative estimate of drug-likeness (QED) is 0.819. The van der Waals surface area contributed by atoms with Gasteiger partial charge < -0.3 is 19.9 Å². The second-order valence-corrected chi connectivity index (χ2v) is 6.72. The number of ether oxygens (including phenoxy) is 1. The van der Waals surface area contributed by atoms with Crippen molar-refractivity contribution in [3.63, 3.8) is 0 Å². The van der Waals surface area contributed by atoms with Crippen LogP contribution in [0.3, 0.4) is 0 Å². The molecule has 3 rings (SSSR count). The van der Waals surface area contributed by atoms with E-state index in [9.17, 15) is 9.59 Å². The van der Waals surface area contributed by atoms with E-state index in [4.69, 9.17) is 4.74 Å². The lowest BCUT2D eigenvalue weighted by Gasteiger charge is -2.28. The third-order valence-corrected chi connectivity index (χ3v) is 4.81. The van der Waals surface area contributed by atoms with Crippen LogP contribution in [0.2, 0.25) is 0 Å². The summed E-state index contributed by atoms with van der Waals surface area (Å²) in [6.07, 6.45) is 5.47. The van der Waals surface area contributed by atoms with Crippen LogP contribution in [0.1, 0.15) is 24.8 Å². The van der Waals surface area contributed by atoms with Crippen molar-refractivity contribution in [3.8, 4) is 0 Å². The highest BCUT2D eigenvalue weighted by molar-refractivity contribution is 5.87. The average Bonchev–Trinajstić information content (AvgIpc) is 3.06. The Labute approximate surface area is 154 Å². The second kappa shape index (κ2) is 8.84. The summed E-state index contributed by atoms with van der Waals surface area (Å²) in [5.74, 6) is 0.923. The van der Waals surface area contributed by atoms with Gasteiger partial charge in [0.2, 0.25) is 5.91 Å². The standard InChI is InChI=1S/C18H27N5O3/c1-26-10-9-22-14-23(13-17(22)24)18(25)20-12-15-5-6-19-16(11-15)21-7-3-2-4-8-21/h5-6,11H,2-4,7-10,12-14H2,1H3,(H,20,25). The summed E-state index contributed by atoms with van der Waals surface area (Å²) in [6.45, 7) is 3.89. The molecule has 2 aliphatic rings. The highest BCUT2D eigenvalue weighted by Crippen LogP contribution is 2.18. The van der Waals surface area contributed by atoms with E-state index in [1.165, 1.54) is 24.2 Å². The number of hydrogen-bond donors (Lipinski definition) is 1. The molecule has 2 fully saturated rings. The average molecular weight is 361 g/mol. The van der Waals surface area contributed by atoms with E-state index in [0.717, 1.165) is 24.5 Å². The fourth-order valence-corrected chi connectivity index (χ4v) is 3.29. The zero-order valence-corrected chi connectivity index (χ0v) is 15.3. The molecule has 3 heterocycles. The third kappa shape index (κ3) is 4.63. The zero-order valence-electron chi connectivity index (χ0n) is 15.3. The first kappa shape index (κ1) is 18.4. The van der Waals surface area contributed by atoms with Gasteiger partial charge in [-0.25, -0.2) is 9.78 Å². The van der Waals surface area contributed by atoms with Gasteiger partial charge in [-0.3, -0.25) is 9.69 Å². The summed E-state index contributed by atoms with van der Waals surface area (Å²) >= 11 is 0. The number of urea groups is 1. The number of nitrogens with zero attached hydrogens (tertiary/aromatic N) is 4. The van der Waals surface area contributed by atoms with E-state index in [-0.39, 0.29) is 18.5 Å². The third-order valence-electron chi connectivity index (χ3n) is 4.81. The van der Waals surface area contributed by atoms with Crippen LogP contribution in [-0.2, 0) is 16.1 Å². The molecule has 1 aromatic rings. The molecule has 26 heavy (non-hydrogen) atoms. The van der Waals surface area contributed by atoms with Gasteiger partial charge in [0.15, 0.2) is 0 Å². The number of rotatable bonds is 6. The van der Waals surface area contributed by atoms with Crippen LogP contribution in [-0.4, -0.2) is 73.3 Å². The van der Waals surface area contributed by atoms with Crippen LogP contribution in [0.4, 0.5) is 10.6 Å². The number of hydrogen-bond acceptors (Lipinski definition) is 5. The number of carbonyl (C=O) groups excluding carboxylic acids is 2. The molecule has 1 N–H and O–H groups in total. The number of methoxy groups -OCH3 is 1. The number of amides is 3. The number of pyridine rings is 1. The maximum atomic E-state index is 12.3. The molecule has 0 spiro atoms. The summed E-state index contributed by atoms with van der Waals surface area (Å²) in [5.41, 5.74) is 1.01. The molecule has 0 atom stereocenters. The summed E-state index contributed by atoms with van der Waals surface area (Å²) in [5, 5.41) is 2.90. The number of anilines is 1. The fraction of sp³-hybridized carbons (Fsp3) is 0.611. The smallest absolute Gasteiger partial charge is 0.319 e. The Hall–Kier alpha value is -2.35. The highest BCUT2D eigenvalue weighted by Gasteiger charge is 2.30. The summed E-state index contributed by atoms with van der Waals surface area (Å²) in [7, 11) is 1.60. The van der Waals surface area contributed by atoms with Crippen molar-refractivity contribution in [2.45, 2.75) is 25.8 Å². The molecule has 0 saturated carbocycles. The SMILES string of the molecule is COCCN1CN(C(=O)NCc2ccnc(N3CCCCC3)c2)CC1=O. The first-order valence-corrected chi connectivity index (χ1v) is 9.17. The van der Waals surface area contributed by atoms with E-state index >= 15 is 0 Å². The van der Waals surface area contributed by atoms with Crippen LogP contribution < -0.4 is 10.2 Å². The lowest BCUT2D eigenvalue weighted by atomic mass is 10.1. The van der Waals surface area contributed by atoms with Crippen LogP contribution >= 0.6 is 0 Å². The van der Waals surface area contributed by atoms with E-state index in [1.807, 2.05) is 12.1 Å². The monoisotopic (exact) mass is 361 g/mol. The Morgan fingerprint density at radius 3 is 2.88 bits per heavy atom. The van der Waals surface area contributed by atoms with Gasteiger partial charge in [-0.1, -0.05) is 0 Å². The molecule has 8 heteroatoms. The summed E-state index contributed by atoms with van der Waals surface area (Å²) in [6, 6.07) is 3.72. The molecule has 8 nitrogen and oxygen atoms in total. The Kier molecular flexibility index (Phi) is 6.27. The van der Waals surface area contributed by atoms with Gasteiger partial charge in [0.1, 0.15) is 12.4 Å². The minimum absolute atomic E-state index is 0.0477. The Morgan fingerprint density at radius 2 is 2.12 bits per heavy atom. The largest absolute Gasteiger partial charge is 0.383 e. The van der Waals surface area contributed by atoms with Gasteiger partial charge in [0.05, 0.1) is 13.3 Å². The first-order chi connectivity index (χ1) is 12.7. The molecule has 0 radical (unpaired) electrons. The van der Waals surface area contributed by atoms with Gasteiger partial charge >= 0.3 is 6.03 Å². The van der Waals surface area contributed by atoms with Gasteiger partial charge in [-0.05, 0) is 37.0 Å². The Bertz CT molecular complexity index is 633. The molecule has 2 aliphatic heterocycles. The van der Waals surface area contributed by atoms with Crippen molar-refractivity contribution in [2.75, 3.05) is 51.5 Å². The molecular formula is C18H27N5O3. The number of piperidine rings is 1. The van der Waals surface area contributed by atoms with E-state index in [2.05, 4.69) is 15.2 Å². The Balaban J connectivity index is 1.51. The first-order valence-electron chi connectivity index (χ1n) is 9.17. The van der Waals surface area contributed by atoms with Gasteiger partial charge in [0, 0.05) is 39.5 Å². The van der Waals surface area contributed by atoms with Gasteiger partial charge in [0.25, 0.3) is 0 Å². The molecule has 0 unspecified atom stereocenters.